The first-order valence-corrected chi connectivity index (χ1v) is 14.6. The van der Waals surface area contributed by atoms with Crippen molar-refractivity contribution >= 4 is 45.3 Å². The van der Waals surface area contributed by atoms with Crippen LogP contribution in [0.3, 0.4) is 0 Å². The average molecular weight is 548 g/mol. The lowest BCUT2D eigenvalue weighted by Gasteiger charge is -2.43. The summed E-state index contributed by atoms with van der Waals surface area (Å²) in [5.74, 6) is -0.0433. The lowest BCUT2D eigenvalue weighted by molar-refractivity contribution is -0.302. The predicted octanol–water partition coefficient (Wildman–Crippen LogP) is 0.485. The standard InChI is InChI=1S/C22H33N3O9S2/c23-22(13-35-36-14-22)5-1-2-6-24-15(26)7-19-30-9-21(10-31-19)11-32-20(33-12-21)8-18(29)34-25-16(27)3-4-17(25)28/h19-20H,1-14,23H2,(H,24,26). The highest BCUT2D eigenvalue weighted by atomic mass is 33.1. The molecular formula is C22H33N3O9S2. The van der Waals surface area contributed by atoms with Crippen LogP contribution in [0.1, 0.15) is 44.9 Å². The number of nitrogens with one attached hydrogen (secondary N) is 1. The Hall–Kier alpha value is -1.42. The molecule has 0 aromatic heterocycles. The van der Waals surface area contributed by atoms with Gasteiger partial charge in [-0.15, -0.1) is 5.06 Å². The number of nitrogens with two attached hydrogens (primary N) is 1. The topological polar surface area (TPSA) is 156 Å². The first-order chi connectivity index (χ1) is 17.3. The molecule has 3 N–H and O–H groups in total. The molecule has 1 spiro atoms. The summed E-state index contributed by atoms with van der Waals surface area (Å²) in [5.41, 5.74) is 5.71. The van der Waals surface area contributed by atoms with Crippen molar-refractivity contribution in [1.82, 2.24) is 10.4 Å². The highest BCUT2D eigenvalue weighted by Crippen LogP contribution is 2.38. The first-order valence-electron chi connectivity index (χ1n) is 12.1. The molecule has 4 fully saturated rings. The highest BCUT2D eigenvalue weighted by Gasteiger charge is 2.43. The van der Waals surface area contributed by atoms with Gasteiger partial charge in [0.25, 0.3) is 11.8 Å². The maximum atomic E-state index is 12.2. The van der Waals surface area contributed by atoms with Crippen LogP contribution in [0.2, 0.25) is 0 Å². The Balaban J connectivity index is 1.07. The van der Waals surface area contributed by atoms with Gasteiger partial charge >= 0.3 is 5.97 Å². The van der Waals surface area contributed by atoms with Crippen molar-refractivity contribution in [3.8, 4) is 0 Å². The number of hydrogen-bond acceptors (Lipinski definition) is 12. The molecule has 36 heavy (non-hydrogen) atoms. The third kappa shape index (κ3) is 7.55. The second kappa shape index (κ2) is 12.4. The van der Waals surface area contributed by atoms with Crippen LogP contribution < -0.4 is 11.1 Å². The van der Waals surface area contributed by atoms with E-state index >= 15 is 0 Å². The van der Waals surface area contributed by atoms with Crippen LogP contribution in [0, 0.1) is 5.41 Å². The molecule has 0 aliphatic carbocycles. The van der Waals surface area contributed by atoms with Crippen LogP contribution in [0.15, 0.2) is 0 Å². The summed E-state index contributed by atoms with van der Waals surface area (Å²) in [5, 5.41) is 3.40. The minimum atomic E-state index is -0.861. The number of carbonyl (C=O) groups is 4. The number of imide groups is 1. The number of carbonyl (C=O) groups excluding carboxylic acids is 4. The van der Waals surface area contributed by atoms with Gasteiger partial charge in [0.15, 0.2) is 12.6 Å². The van der Waals surface area contributed by atoms with Crippen LogP contribution >= 0.6 is 21.6 Å². The van der Waals surface area contributed by atoms with Crippen LogP contribution in [-0.4, -0.2) is 91.4 Å². The SMILES string of the molecule is NC1(CCCCNC(=O)CC2OCC3(CO2)COC(CC(=O)ON2C(=O)CCC2=O)OC3)CSSC1. The Morgan fingerprint density at radius 2 is 1.50 bits per heavy atom. The molecule has 0 aromatic carbocycles. The van der Waals surface area contributed by atoms with E-state index in [2.05, 4.69) is 5.32 Å². The van der Waals surface area contributed by atoms with E-state index in [4.69, 9.17) is 29.5 Å². The molecule has 4 aliphatic heterocycles. The van der Waals surface area contributed by atoms with Gasteiger partial charge in [0.2, 0.25) is 5.91 Å². The molecule has 4 saturated heterocycles. The van der Waals surface area contributed by atoms with Crippen LogP contribution in [0.4, 0.5) is 0 Å². The largest absolute Gasteiger partial charge is 0.356 e. The fraction of sp³-hybridized carbons (Fsp3) is 0.818. The van der Waals surface area contributed by atoms with Crippen molar-refractivity contribution in [3.05, 3.63) is 0 Å². The van der Waals surface area contributed by atoms with Gasteiger partial charge < -0.3 is 34.8 Å². The second-order valence-electron chi connectivity index (χ2n) is 9.75. The van der Waals surface area contributed by atoms with Gasteiger partial charge in [-0.05, 0) is 19.3 Å². The quantitative estimate of drug-likeness (QED) is 0.222. The van der Waals surface area contributed by atoms with E-state index in [1.165, 1.54) is 0 Å². The normalized spacial score (nSPS) is 30.1. The Morgan fingerprint density at radius 3 is 2.08 bits per heavy atom. The summed E-state index contributed by atoms with van der Waals surface area (Å²) in [6.45, 7) is 1.62. The molecule has 4 heterocycles. The minimum absolute atomic E-state index is 0.0296. The van der Waals surface area contributed by atoms with Gasteiger partial charge in [0.1, 0.15) is 0 Å². The van der Waals surface area contributed by atoms with Crippen molar-refractivity contribution in [2.24, 2.45) is 11.1 Å². The van der Waals surface area contributed by atoms with Gasteiger partial charge in [-0.1, -0.05) is 21.6 Å². The Kier molecular flexibility index (Phi) is 9.52. The molecule has 12 nitrogen and oxygen atoms in total. The fourth-order valence-electron chi connectivity index (χ4n) is 4.15. The molecular weight excluding hydrogens is 514 g/mol. The Labute approximate surface area is 217 Å². The summed E-state index contributed by atoms with van der Waals surface area (Å²) < 4.78 is 22.8. The average Bonchev–Trinajstić information content (AvgIpc) is 3.43. The van der Waals surface area contributed by atoms with E-state index in [9.17, 15) is 19.2 Å². The Morgan fingerprint density at radius 1 is 0.944 bits per heavy atom. The number of hydrogen-bond donors (Lipinski definition) is 2. The van der Waals surface area contributed by atoms with E-state index < -0.39 is 35.8 Å². The van der Waals surface area contributed by atoms with Crippen LogP contribution in [-0.2, 0) is 43.0 Å². The first kappa shape index (κ1) is 27.6. The van der Waals surface area contributed by atoms with Crippen molar-refractivity contribution in [3.63, 3.8) is 0 Å². The number of unbranched alkanes of at least 4 members (excludes halogenated alkanes) is 1. The predicted molar refractivity (Wildman–Crippen MR) is 129 cm³/mol. The summed E-state index contributed by atoms with van der Waals surface area (Å²) in [6, 6.07) is 0. The number of nitrogens with zero attached hydrogens (tertiary/aromatic N) is 1. The van der Waals surface area contributed by atoms with E-state index in [-0.39, 0.29) is 63.6 Å². The number of amides is 3. The molecule has 4 rings (SSSR count). The van der Waals surface area contributed by atoms with E-state index in [1.807, 2.05) is 21.6 Å². The van der Waals surface area contributed by atoms with Gasteiger partial charge in [-0.2, -0.15) is 0 Å². The third-order valence-electron chi connectivity index (χ3n) is 6.39. The fourth-order valence-corrected chi connectivity index (χ4v) is 7.32. The van der Waals surface area contributed by atoms with Crippen LogP contribution in [0.5, 0.6) is 0 Å². The lowest BCUT2D eigenvalue weighted by Crippen LogP contribution is -2.53. The monoisotopic (exact) mass is 547 g/mol. The molecule has 14 heteroatoms. The molecule has 0 radical (unpaired) electrons. The van der Waals surface area contributed by atoms with Crippen molar-refractivity contribution in [1.29, 1.82) is 0 Å². The van der Waals surface area contributed by atoms with E-state index in [0.29, 0.717) is 11.6 Å². The molecule has 0 atom stereocenters. The zero-order chi connectivity index (χ0) is 25.6. The molecule has 0 unspecified atom stereocenters. The molecule has 0 aromatic rings. The van der Waals surface area contributed by atoms with Crippen molar-refractivity contribution in [2.45, 2.75) is 63.1 Å². The number of rotatable bonds is 10. The molecule has 0 saturated carbocycles. The summed E-state index contributed by atoms with van der Waals surface area (Å²) in [7, 11) is 3.65. The molecule has 0 bridgehead atoms. The highest BCUT2D eigenvalue weighted by molar-refractivity contribution is 8.77. The Bertz CT molecular complexity index is 806. The lowest BCUT2D eigenvalue weighted by atomic mass is 9.90. The zero-order valence-electron chi connectivity index (χ0n) is 20.1. The summed E-state index contributed by atoms with van der Waals surface area (Å²) >= 11 is 0. The van der Waals surface area contributed by atoms with Gasteiger partial charge in [0, 0.05) is 36.4 Å². The minimum Gasteiger partial charge on any atom is -0.356 e. The molecule has 202 valence electrons. The van der Waals surface area contributed by atoms with Crippen LogP contribution in [0.25, 0.3) is 0 Å². The zero-order valence-corrected chi connectivity index (χ0v) is 21.7. The van der Waals surface area contributed by atoms with Crippen molar-refractivity contribution < 1.29 is 43.0 Å². The van der Waals surface area contributed by atoms with Gasteiger partial charge in [-0.25, -0.2) is 4.79 Å². The number of hydroxylamine groups is 2. The summed E-state index contributed by atoms with van der Waals surface area (Å²) in [4.78, 5) is 52.2. The maximum Gasteiger partial charge on any atom is 0.338 e. The smallest absolute Gasteiger partial charge is 0.338 e. The summed E-state index contributed by atoms with van der Waals surface area (Å²) in [6.07, 6.45) is 1.22. The third-order valence-corrected chi connectivity index (χ3v) is 9.14. The molecule has 4 aliphatic rings. The van der Waals surface area contributed by atoms with Gasteiger partial charge in [0.05, 0.1) is 44.7 Å². The van der Waals surface area contributed by atoms with E-state index in [0.717, 1.165) is 30.8 Å². The number of ether oxygens (including phenoxy) is 4. The van der Waals surface area contributed by atoms with E-state index in [1.54, 1.807) is 0 Å². The van der Waals surface area contributed by atoms with Gasteiger partial charge in [-0.3, -0.25) is 14.4 Å². The van der Waals surface area contributed by atoms with Crippen molar-refractivity contribution in [2.75, 3.05) is 44.5 Å². The maximum absolute atomic E-state index is 12.2. The molecule has 3 amide bonds. The second-order valence-corrected chi connectivity index (χ2v) is 12.2.